The SMILES string of the molecule is CCCCOCCOCCC(C)NCC. The lowest BCUT2D eigenvalue weighted by atomic mass is 10.2. The Kier molecular flexibility index (Phi) is 11.9. The molecule has 0 fully saturated rings. The molecule has 0 heterocycles. The second kappa shape index (κ2) is 12.0. The van der Waals surface area contributed by atoms with Crippen molar-refractivity contribution in [3.8, 4) is 0 Å². The summed E-state index contributed by atoms with van der Waals surface area (Å²) >= 11 is 0. The third-order valence-corrected chi connectivity index (χ3v) is 2.26. The lowest BCUT2D eigenvalue weighted by Crippen LogP contribution is -2.27. The van der Waals surface area contributed by atoms with Crippen LogP contribution in [-0.4, -0.2) is 39.0 Å². The first-order chi connectivity index (χ1) is 7.31. The Labute approximate surface area is 94.5 Å². The summed E-state index contributed by atoms with van der Waals surface area (Å²) in [4.78, 5) is 0. The van der Waals surface area contributed by atoms with Crippen molar-refractivity contribution in [1.82, 2.24) is 5.32 Å². The molecular formula is C12H27NO2. The Balaban J connectivity index is 2.98. The van der Waals surface area contributed by atoms with Gasteiger partial charge in [-0.2, -0.15) is 0 Å². The van der Waals surface area contributed by atoms with Gasteiger partial charge in [-0.25, -0.2) is 0 Å². The average Bonchev–Trinajstić information content (AvgIpc) is 2.22. The van der Waals surface area contributed by atoms with Crippen LogP contribution in [0.2, 0.25) is 0 Å². The summed E-state index contributed by atoms with van der Waals surface area (Å²) in [5.41, 5.74) is 0. The van der Waals surface area contributed by atoms with E-state index >= 15 is 0 Å². The van der Waals surface area contributed by atoms with Crippen molar-refractivity contribution in [3.05, 3.63) is 0 Å². The third kappa shape index (κ3) is 11.8. The van der Waals surface area contributed by atoms with Gasteiger partial charge in [-0.05, 0) is 26.3 Å². The van der Waals surface area contributed by atoms with Crippen molar-refractivity contribution in [1.29, 1.82) is 0 Å². The first-order valence-corrected chi connectivity index (χ1v) is 6.20. The van der Waals surface area contributed by atoms with Crippen LogP contribution in [0.5, 0.6) is 0 Å². The molecule has 92 valence electrons. The van der Waals surface area contributed by atoms with E-state index in [4.69, 9.17) is 9.47 Å². The minimum Gasteiger partial charge on any atom is -0.379 e. The van der Waals surface area contributed by atoms with Gasteiger partial charge >= 0.3 is 0 Å². The number of unbranched alkanes of at least 4 members (excludes halogenated alkanes) is 1. The highest BCUT2D eigenvalue weighted by Crippen LogP contribution is 1.92. The van der Waals surface area contributed by atoms with E-state index in [0.717, 1.165) is 45.8 Å². The van der Waals surface area contributed by atoms with Gasteiger partial charge in [0.15, 0.2) is 0 Å². The second-order valence-corrected chi connectivity index (χ2v) is 3.83. The van der Waals surface area contributed by atoms with Gasteiger partial charge in [0.25, 0.3) is 0 Å². The highest BCUT2D eigenvalue weighted by molar-refractivity contribution is 4.57. The molecule has 1 N–H and O–H groups in total. The largest absolute Gasteiger partial charge is 0.379 e. The monoisotopic (exact) mass is 217 g/mol. The molecule has 0 saturated heterocycles. The zero-order valence-corrected chi connectivity index (χ0v) is 10.6. The number of rotatable bonds is 11. The highest BCUT2D eigenvalue weighted by atomic mass is 16.5. The van der Waals surface area contributed by atoms with E-state index in [-0.39, 0.29) is 0 Å². The van der Waals surface area contributed by atoms with Gasteiger partial charge in [0.05, 0.1) is 13.2 Å². The van der Waals surface area contributed by atoms with Crippen LogP contribution in [-0.2, 0) is 9.47 Å². The van der Waals surface area contributed by atoms with Crippen molar-refractivity contribution in [2.75, 3.05) is 33.0 Å². The predicted octanol–water partition coefficient (Wildman–Crippen LogP) is 2.21. The lowest BCUT2D eigenvalue weighted by Gasteiger charge is -2.12. The molecule has 3 nitrogen and oxygen atoms in total. The van der Waals surface area contributed by atoms with Crippen LogP contribution in [0.15, 0.2) is 0 Å². The molecule has 1 unspecified atom stereocenters. The van der Waals surface area contributed by atoms with Crippen LogP contribution in [0.25, 0.3) is 0 Å². The van der Waals surface area contributed by atoms with Gasteiger partial charge in [0.1, 0.15) is 0 Å². The first kappa shape index (κ1) is 14.9. The standard InChI is InChI=1S/C12H27NO2/c1-4-6-8-14-10-11-15-9-7-12(3)13-5-2/h12-13H,4-11H2,1-3H3. The molecule has 15 heavy (non-hydrogen) atoms. The van der Waals surface area contributed by atoms with E-state index < -0.39 is 0 Å². The van der Waals surface area contributed by atoms with Crippen molar-refractivity contribution in [2.24, 2.45) is 0 Å². The maximum absolute atomic E-state index is 5.47. The molecule has 1 atom stereocenters. The minimum atomic E-state index is 0.552. The van der Waals surface area contributed by atoms with Crippen molar-refractivity contribution in [2.45, 2.75) is 46.1 Å². The Hall–Kier alpha value is -0.120. The molecule has 0 radical (unpaired) electrons. The Morgan fingerprint density at radius 1 is 1.00 bits per heavy atom. The van der Waals surface area contributed by atoms with Gasteiger partial charge in [-0.3, -0.25) is 0 Å². The maximum Gasteiger partial charge on any atom is 0.0700 e. The van der Waals surface area contributed by atoms with E-state index in [1.807, 2.05) is 0 Å². The normalized spacial score (nSPS) is 13.0. The summed E-state index contributed by atoms with van der Waals surface area (Å²) in [5, 5.41) is 3.35. The van der Waals surface area contributed by atoms with Crippen LogP contribution in [0.3, 0.4) is 0 Å². The molecule has 0 amide bonds. The molecule has 0 aromatic heterocycles. The van der Waals surface area contributed by atoms with Crippen molar-refractivity contribution < 1.29 is 9.47 Å². The summed E-state index contributed by atoms with van der Waals surface area (Å²) in [6, 6.07) is 0.552. The van der Waals surface area contributed by atoms with Gasteiger partial charge in [0.2, 0.25) is 0 Å². The molecule has 0 rings (SSSR count). The Morgan fingerprint density at radius 3 is 2.27 bits per heavy atom. The van der Waals surface area contributed by atoms with Crippen molar-refractivity contribution >= 4 is 0 Å². The smallest absolute Gasteiger partial charge is 0.0700 e. The van der Waals surface area contributed by atoms with Crippen LogP contribution in [0.4, 0.5) is 0 Å². The van der Waals surface area contributed by atoms with E-state index in [0.29, 0.717) is 6.04 Å². The summed E-state index contributed by atoms with van der Waals surface area (Å²) in [6.07, 6.45) is 3.42. The second-order valence-electron chi connectivity index (χ2n) is 3.83. The van der Waals surface area contributed by atoms with Crippen LogP contribution in [0, 0.1) is 0 Å². The van der Waals surface area contributed by atoms with Gasteiger partial charge in [-0.15, -0.1) is 0 Å². The molecule has 0 bridgehead atoms. The van der Waals surface area contributed by atoms with E-state index in [9.17, 15) is 0 Å². The lowest BCUT2D eigenvalue weighted by molar-refractivity contribution is 0.0439. The zero-order valence-electron chi connectivity index (χ0n) is 10.6. The fourth-order valence-electron chi connectivity index (χ4n) is 1.28. The summed E-state index contributed by atoms with van der Waals surface area (Å²) in [5.74, 6) is 0. The van der Waals surface area contributed by atoms with E-state index in [2.05, 4.69) is 26.1 Å². The molecule has 0 aliphatic rings. The summed E-state index contributed by atoms with van der Waals surface area (Å²) in [7, 11) is 0. The summed E-state index contributed by atoms with van der Waals surface area (Å²) < 4.78 is 10.9. The van der Waals surface area contributed by atoms with Crippen LogP contribution >= 0.6 is 0 Å². The molecule has 0 aromatic carbocycles. The fraction of sp³-hybridized carbons (Fsp3) is 1.00. The molecule has 0 aromatic rings. The van der Waals surface area contributed by atoms with E-state index in [1.54, 1.807) is 0 Å². The molecular weight excluding hydrogens is 190 g/mol. The van der Waals surface area contributed by atoms with E-state index in [1.165, 1.54) is 6.42 Å². The number of ether oxygens (including phenoxy) is 2. The summed E-state index contributed by atoms with van der Waals surface area (Å²) in [6.45, 7) is 10.7. The number of hydrogen-bond donors (Lipinski definition) is 1. The molecule has 0 aliphatic carbocycles. The van der Waals surface area contributed by atoms with Crippen LogP contribution in [0.1, 0.15) is 40.0 Å². The van der Waals surface area contributed by atoms with Gasteiger partial charge < -0.3 is 14.8 Å². The Bertz CT molecular complexity index is 120. The minimum absolute atomic E-state index is 0.552. The van der Waals surface area contributed by atoms with Crippen molar-refractivity contribution in [3.63, 3.8) is 0 Å². The molecule has 0 spiro atoms. The molecule has 3 heteroatoms. The quantitative estimate of drug-likeness (QED) is 0.538. The first-order valence-electron chi connectivity index (χ1n) is 6.20. The Morgan fingerprint density at radius 2 is 1.67 bits per heavy atom. The topological polar surface area (TPSA) is 30.5 Å². The number of hydrogen-bond acceptors (Lipinski definition) is 3. The average molecular weight is 217 g/mol. The third-order valence-electron chi connectivity index (χ3n) is 2.26. The fourth-order valence-corrected chi connectivity index (χ4v) is 1.28. The maximum atomic E-state index is 5.47. The predicted molar refractivity (Wildman–Crippen MR) is 64.3 cm³/mol. The van der Waals surface area contributed by atoms with Gasteiger partial charge in [-0.1, -0.05) is 20.3 Å². The molecule has 0 saturated carbocycles. The van der Waals surface area contributed by atoms with Crippen LogP contribution < -0.4 is 5.32 Å². The number of nitrogens with one attached hydrogen (secondary N) is 1. The molecule has 0 aliphatic heterocycles. The van der Waals surface area contributed by atoms with Gasteiger partial charge in [0, 0.05) is 19.3 Å². The zero-order chi connectivity index (χ0) is 11.4. The highest BCUT2D eigenvalue weighted by Gasteiger charge is 1.98.